The largest absolute Gasteiger partial charge is 0.296 e. The lowest BCUT2D eigenvalue weighted by Gasteiger charge is -2.21. The van der Waals surface area contributed by atoms with Crippen LogP contribution in [-0.2, 0) is 26.8 Å². The number of rotatable bonds is 7. The summed E-state index contributed by atoms with van der Waals surface area (Å²) >= 11 is 11.6. The minimum absolute atomic E-state index is 0.103. The van der Waals surface area contributed by atoms with Gasteiger partial charge in [0.25, 0.3) is 20.2 Å². The van der Waals surface area contributed by atoms with Gasteiger partial charge in [0.2, 0.25) is 10.6 Å². The van der Waals surface area contributed by atoms with E-state index in [2.05, 4.69) is 25.2 Å². The summed E-state index contributed by atoms with van der Waals surface area (Å²) in [6.45, 7) is -0.495. The number of halogens is 2. The molecule has 0 fully saturated rings. The van der Waals surface area contributed by atoms with Gasteiger partial charge in [-0.25, -0.2) is 15.0 Å². The van der Waals surface area contributed by atoms with Crippen molar-refractivity contribution in [3.05, 3.63) is 71.0 Å². The van der Waals surface area contributed by atoms with E-state index in [1.807, 2.05) is 0 Å². The molecule has 1 heterocycles. The third kappa shape index (κ3) is 5.99. The van der Waals surface area contributed by atoms with E-state index in [4.69, 9.17) is 23.2 Å². The first-order valence-electron chi connectivity index (χ1n) is 9.88. The zero-order valence-electron chi connectivity index (χ0n) is 18.1. The van der Waals surface area contributed by atoms with Crippen LogP contribution in [0.25, 0.3) is 10.8 Å². The SMILES string of the molecule is O=S(=O)(O)c1ccccc1N=Nc1c(S(=O)(=O)O)cc2ccccc2c1N(O)Cc1nc(Cl)nc(Cl)n1. The Morgan fingerprint density at radius 1 is 0.811 bits per heavy atom. The van der Waals surface area contributed by atoms with Crippen molar-refractivity contribution < 1.29 is 31.1 Å². The smallest absolute Gasteiger partial charge is 0.288 e. The number of aromatic nitrogens is 3. The molecule has 0 amide bonds. The zero-order chi connectivity index (χ0) is 27.0. The second-order valence-electron chi connectivity index (χ2n) is 7.26. The predicted octanol–water partition coefficient (Wildman–Crippen LogP) is 4.64. The number of hydrogen-bond donors (Lipinski definition) is 3. The Labute approximate surface area is 219 Å². The Hall–Kier alpha value is -3.31. The van der Waals surface area contributed by atoms with Crippen LogP contribution in [0.15, 0.2) is 74.6 Å². The van der Waals surface area contributed by atoms with Crippen LogP contribution >= 0.6 is 23.2 Å². The summed E-state index contributed by atoms with van der Waals surface area (Å²) in [7, 11) is -9.67. The molecule has 37 heavy (non-hydrogen) atoms. The fraction of sp³-hybridized carbons (Fsp3) is 0.0500. The number of hydrogen-bond acceptors (Lipinski definition) is 11. The molecule has 0 unspecified atom stereocenters. The van der Waals surface area contributed by atoms with Crippen molar-refractivity contribution in [2.24, 2.45) is 10.2 Å². The second kappa shape index (κ2) is 10.2. The van der Waals surface area contributed by atoms with E-state index in [0.29, 0.717) is 5.06 Å². The highest BCUT2D eigenvalue weighted by Gasteiger charge is 2.26. The monoisotopic (exact) mass is 584 g/mol. The summed E-state index contributed by atoms with van der Waals surface area (Å²) in [5.74, 6) is -0.103. The quantitative estimate of drug-likeness (QED) is 0.155. The second-order valence-corrected chi connectivity index (χ2v) is 10.7. The van der Waals surface area contributed by atoms with Crippen molar-refractivity contribution in [1.29, 1.82) is 0 Å². The molecule has 4 rings (SSSR count). The van der Waals surface area contributed by atoms with Gasteiger partial charge in [0, 0.05) is 5.39 Å². The first-order chi connectivity index (χ1) is 17.3. The Morgan fingerprint density at radius 2 is 1.41 bits per heavy atom. The molecule has 4 aromatic rings. The lowest BCUT2D eigenvalue weighted by molar-refractivity contribution is 0.248. The van der Waals surface area contributed by atoms with Crippen molar-refractivity contribution in [3.8, 4) is 0 Å². The van der Waals surface area contributed by atoms with Crippen molar-refractivity contribution in [1.82, 2.24) is 15.0 Å². The van der Waals surface area contributed by atoms with Crippen molar-refractivity contribution in [2.45, 2.75) is 16.3 Å². The van der Waals surface area contributed by atoms with Gasteiger partial charge in [0.1, 0.15) is 33.4 Å². The molecule has 0 aliphatic rings. The first kappa shape index (κ1) is 26.7. The summed E-state index contributed by atoms with van der Waals surface area (Å²) in [6, 6.07) is 12.3. The van der Waals surface area contributed by atoms with Crippen molar-refractivity contribution in [3.63, 3.8) is 0 Å². The van der Waals surface area contributed by atoms with E-state index < -0.39 is 42.3 Å². The van der Waals surface area contributed by atoms with Gasteiger partial charge in [0.05, 0.1) is 0 Å². The maximum Gasteiger partial charge on any atom is 0.296 e. The van der Waals surface area contributed by atoms with Gasteiger partial charge >= 0.3 is 0 Å². The van der Waals surface area contributed by atoms with Gasteiger partial charge in [0.15, 0.2) is 5.82 Å². The van der Waals surface area contributed by atoms with Crippen molar-refractivity contribution >= 4 is 71.3 Å². The molecule has 0 atom stereocenters. The molecular formula is C20H14Cl2N6O7S2. The van der Waals surface area contributed by atoms with Crippen LogP contribution in [0.1, 0.15) is 5.82 Å². The summed E-state index contributed by atoms with van der Waals surface area (Å²) in [4.78, 5) is 9.96. The summed E-state index contributed by atoms with van der Waals surface area (Å²) < 4.78 is 67.5. The Kier molecular flexibility index (Phi) is 7.38. The highest BCUT2D eigenvalue weighted by Crippen LogP contribution is 2.43. The highest BCUT2D eigenvalue weighted by molar-refractivity contribution is 7.86. The Bertz CT molecular complexity index is 1750. The minimum Gasteiger partial charge on any atom is -0.288 e. The normalized spacial score (nSPS) is 12.4. The fourth-order valence-corrected chi connectivity index (χ4v) is 5.04. The number of anilines is 1. The summed E-state index contributed by atoms with van der Waals surface area (Å²) in [5, 5.41) is 19.3. The standard InChI is InChI=1S/C20H14Cl2N6O7S2/c21-19-23-16(24-20(22)25-19)10-28(29)18-12-6-2-1-5-11(12)9-15(37(33,34)35)17(18)27-26-13-7-3-4-8-14(13)36(30,31)32/h1-9,29H,10H2,(H,30,31,32)(H,33,34,35). The van der Waals surface area contributed by atoms with Crippen LogP contribution in [0.2, 0.25) is 10.6 Å². The fourth-order valence-electron chi connectivity index (χ4n) is 3.36. The molecule has 0 aliphatic heterocycles. The molecular weight excluding hydrogens is 571 g/mol. The molecule has 0 aliphatic carbocycles. The van der Waals surface area contributed by atoms with Crippen LogP contribution in [0.4, 0.5) is 17.1 Å². The van der Waals surface area contributed by atoms with E-state index in [1.54, 1.807) is 12.1 Å². The zero-order valence-corrected chi connectivity index (χ0v) is 21.3. The molecule has 0 radical (unpaired) electrons. The molecule has 17 heteroatoms. The molecule has 3 N–H and O–H groups in total. The average molecular weight is 585 g/mol. The van der Waals surface area contributed by atoms with Crippen LogP contribution < -0.4 is 5.06 Å². The maximum absolute atomic E-state index is 12.3. The third-order valence-corrected chi connectivity index (χ3v) is 6.92. The molecule has 0 saturated heterocycles. The minimum atomic E-state index is -4.95. The average Bonchev–Trinajstić information content (AvgIpc) is 2.80. The predicted molar refractivity (Wildman–Crippen MR) is 132 cm³/mol. The topological polar surface area (TPSA) is 196 Å². The third-order valence-electron chi connectivity index (χ3n) is 4.82. The number of fused-ring (bicyclic) bond motifs is 1. The number of hydroxylamine groups is 1. The Balaban J connectivity index is 1.98. The lowest BCUT2D eigenvalue weighted by atomic mass is 10.1. The van der Waals surface area contributed by atoms with E-state index in [1.165, 1.54) is 30.3 Å². The van der Waals surface area contributed by atoms with Crippen LogP contribution in [-0.4, -0.2) is 46.1 Å². The van der Waals surface area contributed by atoms with Gasteiger partial charge in [-0.1, -0.05) is 36.4 Å². The lowest BCUT2D eigenvalue weighted by Crippen LogP contribution is -2.20. The van der Waals surface area contributed by atoms with Gasteiger partial charge < -0.3 is 0 Å². The molecule has 0 spiro atoms. The number of azo groups is 1. The number of benzene rings is 3. The molecule has 1 aromatic heterocycles. The molecule has 13 nitrogen and oxygen atoms in total. The van der Waals surface area contributed by atoms with E-state index in [0.717, 1.165) is 12.1 Å². The van der Waals surface area contributed by atoms with E-state index in [-0.39, 0.29) is 38.5 Å². The van der Waals surface area contributed by atoms with Crippen LogP contribution in [0.5, 0.6) is 0 Å². The first-order valence-corrected chi connectivity index (χ1v) is 13.5. The number of nitrogens with zero attached hydrogens (tertiary/aromatic N) is 6. The van der Waals surface area contributed by atoms with Crippen LogP contribution in [0.3, 0.4) is 0 Å². The van der Waals surface area contributed by atoms with Crippen molar-refractivity contribution in [2.75, 3.05) is 5.06 Å². The molecule has 0 saturated carbocycles. The molecule has 0 bridgehead atoms. The summed E-state index contributed by atoms with van der Waals surface area (Å²) in [5.41, 5.74) is -1.16. The Morgan fingerprint density at radius 3 is 2.05 bits per heavy atom. The van der Waals surface area contributed by atoms with Gasteiger partial charge in [-0.2, -0.15) is 21.8 Å². The van der Waals surface area contributed by atoms with E-state index >= 15 is 0 Å². The summed E-state index contributed by atoms with van der Waals surface area (Å²) in [6.07, 6.45) is 0. The molecule has 192 valence electrons. The highest BCUT2D eigenvalue weighted by atomic mass is 35.5. The molecule has 3 aromatic carbocycles. The van der Waals surface area contributed by atoms with Crippen LogP contribution in [0, 0.1) is 0 Å². The van der Waals surface area contributed by atoms with E-state index in [9.17, 15) is 31.1 Å². The van der Waals surface area contributed by atoms with Gasteiger partial charge in [-0.3, -0.25) is 14.3 Å². The van der Waals surface area contributed by atoms with Gasteiger partial charge in [-0.05, 0) is 46.8 Å². The maximum atomic E-state index is 12.3. The van der Waals surface area contributed by atoms with Gasteiger partial charge in [-0.15, -0.1) is 10.2 Å².